The van der Waals surface area contributed by atoms with Crippen LogP contribution in [-0.4, -0.2) is 6.72 Å². The Hall–Kier alpha value is -1.46. The van der Waals surface area contributed by atoms with Crippen molar-refractivity contribution in [2.75, 3.05) is 0 Å². The average molecular weight is 196 g/mol. The zero-order valence-electron chi connectivity index (χ0n) is 7.01. The van der Waals surface area contributed by atoms with Crippen LogP contribution in [0.3, 0.4) is 0 Å². The van der Waals surface area contributed by atoms with Gasteiger partial charge >= 0.3 is 0 Å². The maximum atomic E-state index is 5.23. The first-order valence-electron chi connectivity index (χ1n) is 3.51. The molecule has 0 bridgehead atoms. The molecule has 0 saturated heterocycles. The monoisotopic (exact) mass is 195 g/mol. The van der Waals surface area contributed by atoms with Crippen LogP contribution >= 0.6 is 12.4 Å². The highest BCUT2D eigenvalue weighted by Crippen LogP contribution is 2.15. The lowest BCUT2D eigenvalue weighted by Crippen LogP contribution is -1.96. The van der Waals surface area contributed by atoms with Gasteiger partial charge in [0, 0.05) is 12.3 Å². The molecule has 0 aliphatic heterocycles. The molecule has 0 radical (unpaired) electrons. The van der Waals surface area contributed by atoms with E-state index in [4.69, 9.17) is 11.3 Å². The third-order valence-electron chi connectivity index (χ3n) is 1.43. The van der Waals surface area contributed by atoms with E-state index in [-0.39, 0.29) is 12.4 Å². The fourth-order valence-electron chi connectivity index (χ4n) is 0.890. The van der Waals surface area contributed by atoms with Crippen molar-refractivity contribution in [1.82, 2.24) is 0 Å². The van der Waals surface area contributed by atoms with E-state index in [9.17, 15) is 0 Å². The molecule has 1 atom stereocenters. The molecule has 1 unspecified atom stereocenters. The van der Waals surface area contributed by atoms with Gasteiger partial charge in [0.05, 0.1) is 0 Å². The summed E-state index contributed by atoms with van der Waals surface area (Å²) in [6.07, 6.45) is 4.80. The van der Waals surface area contributed by atoms with Gasteiger partial charge in [-0.2, -0.15) is 0 Å². The van der Waals surface area contributed by atoms with E-state index in [2.05, 4.69) is 17.8 Å². The summed E-state index contributed by atoms with van der Waals surface area (Å²) in [5.41, 5.74) is 0.910. The summed E-state index contributed by atoms with van der Waals surface area (Å²) in [4.78, 5) is 4.85. The van der Waals surface area contributed by atoms with Gasteiger partial charge in [-0.1, -0.05) is 36.3 Å². The lowest BCUT2D eigenvalue weighted by Gasteiger charge is -2.07. The van der Waals surface area contributed by atoms with Crippen molar-refractivity contribution in [2.45, 2.75) is 6.10 Å². The summed E-state index contributed by atoms with van der Waals surface area (Å²) >= 11 is 0. The van der Waals surface area contributed by atoms with Gasteiger partial charge in [-0.05, 0) is 0 Å². The molecule has 1 rings (SSSR count). The van der Waals surface area contributed by atoms with Crippen LogP contribution < -0.4 is 0 Å². The van der Waals surface area contributed by atoms with Crippen molar-refractivity contribution in [3.63, 3.8) is 0 Å². The Bertz CT molecular complexity index is 292. The lowest BCUT2D eigenvalue weighted by molar-refractivity contribution is 0.102. The smallest absolute Gasteiger partial charge is 0.212 e. The number of benzene rings is 1. The lowest BCUT2D eigenvalue weighted by atomic mass is 10.1. The van der Waals surface area contributed by atoms with Crippen molar-refractivity contribution in [3.05, 3.63) is 35.9 Å². The summed E-state index contributed by atoms with van der Waals surface area (Å²) in [5.74, 6) is 2.46. The van der Waals surface area contributed by atoms with Gasteiger partial charge in [-0.3, -0.25) is 0 Å². The van der Waals surface area contributed by atoms with Crippen LogP contribution in [0, 0.1) is 12.3 Å². The van der Waals surface area contributed by atoms with E-state index in [1.54, 1.807) is 0 Å². The fourth-order valence-corrected chi connectivity index (χ4v) is 0.890. The van der Waals surface area contributed by atoms with Crippen LogP contribution in [-0.2, 0) is 4.84 Å². The molecule has 2 nitrogen and oxygen atoms in total. The maximum absolute atomic E-state index is 5.23. The average Bonchev–Trinajstić information content (AvgIpc) is 2.15. The minimum absolute atomic E-state index is 0. The molecule has 68 valence electrons. The van der Waals surface area contributed by atoms with Gasteiger partial charge in [0.1, 0.15) is 0 Å². The van der Waals surface area contributed by atoms with Gasteiger partial charge in [0.25, 0.3) is 0 Å². The van der Waals surface area contributed by atoms with E-state index >= 15 is 0 Å². The first kappa shape index (κ1) is 11.5. The van der Waals surface area contributed by atoms with Crippen molar-refractivity contribution >= 4 is 19.1 Å². The molecule has 0 heterocycles. The standard InChI is InChI=1S/C10H9NO.ClH/c1-3-10(12-11-2)9-7-5-4-6-8-9;/h1,4-8,10H,2H2;1H. The second-order valence-electron chi connectivity index (χ2n) is 2.19. The highest BCUT2D eigenvalue weighted by atomic mass is 35.5. The minimum atomic E-state index is -0.427. The first-order chi connectivity index (χ1) is 5.88. The molecule has 0 spiro atoms. The molecule has 0 amide bonds. The topological polar surface area (TPSA) is 21.6 Å². The van der Waals surface area contributed by atoms with Crippen LogP contribution in [0.5, 0.6) is 0 Å². The summed E-state index contributed by atoms with van der Waals surface area (Å²) in [6.45, 7) is 3.21. The molecule has 0 aromatic heterocycles. The molecular formula is C10H10ClNO. The summed E-state index contributed by atoms with van der Waals surface area (Å²) in [6, 6.07) is 9.47. The molecule has 0 aliphatic carbocycles. The molecule has 0 fully saturated rings. The van der Waals surface area contributed by atoms with E-state index < -0.39 is 6.10 Å². The Balaban J connectivity index is 0.00000144. The molecular weight excluding hydrogens is 186 g/mol. The number of terminal acetylenes is 1. The summed E-state index contributed by atoms with van der Waals surface area (Å²) in [7, 11) is 0. The van der Waals surface area contributed by atoms with Crippen LogP contribution in [0.2, 0.25) is 0 Å². The highest BCUT2D eigenvalue weighted by Gasteiger charge is 2.06. The van der Waals surface area contributed by atoms with E-state index in [1.165, 1.54) is 0 Å². The molecule has 0 N–H and O–H groups in total. The first-order valence-corrected chi connectivity index (χ1v) is 3.51. The fraction of sp³-hybridized carbons (Fsp3) is 0.100. The minimum Gasteiger partial charge on any atom is -0.375 e. The molecule has 3 heteroatoms. The number of halogens is 1. The van der Waals surface area contributed by atoms with E-state index in [0.29, 0.717) is 0 Å². The summed E-state index contributed by atoms with van der Waals surface area (Å²) in [5, 5.41) is 3.29. The Morgan fingerprint density at radius 3 is 2.46 bits per heavy atom. The number of hydrogen-bond donors (Lipinski definition) is 0. The Morgan fingerprint density at radius 1 is 1.38 bits per heavy atom. The predicted molar refractivity (Wildman–Crippen MR) is 55.9 cm³/mol. The number of hydrogen-bond acceptors (Lipinski definition) is 2. The quantitative estimate of drug-likeness (QED) is 0.412. The third kappa shape index (κ3) is 3.18. The largest absolute Gasteiger partial charge is 0.375 e. The Kier molecular flexibility index (Phi) is 5.42. The Labute approximate surface area is 84.0 Å². The maximum Gasteiger partial charge on any atom is 0.212 e. The highest BCUT2D eigenvalue weighted by molar-refractivity contribution is 5.85. The molecule has 1 aromatic carbocycles. The molecule has 1 aromatic rings. The Morgan fingerprint density at radius 2 is 2.00 bits per heavy atom. The van der Waals surface area contributed by atoms with Gasteiger partial charge < -0.3 is 4.84 Å². The number of nitrogens with zero attached hydrogens (tertiary/aromatic N) is 1. The van der Waals surface area contributed by atoms with Gasteiger partial charge in [0.2, 0.25) is 6.10 Å². The molecule has 13 heavy (non-hydrogen) atoms. The second kappa shape index (κ2) is 6.10. The number of rotatable bonds is 3. The van der Waals surface area contributed by atoms with Crippen LogP contribution in [0.4, 0.5) is 0 Å². The van der Waals surface area contributed by atoms with Gasteiger partial charge in [0.15, 0.2) is 0 Å². The van der Waals surface area contributed by atoms with Crippen LogP contribution in [0.1, 0.15) is 11.7 Å². The van der Waals surface area contributed by atoms with Crippen molar-refractivity contribution in [2.24, 2.45) is 5.16 Å². The van der Waals surface area contributed by atoms with Crippen molar-refractivity contribution in [1.29, 1.82) is 0 Å². The zero-order chi connectivity index (χ0) is 8.81. The second-order valence-corrected chi connectivity index (χ2v) is 2.19. The van der Waals surface area contributed by atoms with E-state index in [1.807, 2.05) is 30.3 Å². The zero-order valence-corrected chi connectivity index (χ0v) is 7.83. The van der Waals surface area contributed by atoms with Crippen LogP contribution in [0.25, 0.3) is 0 Å². The SMILES string of the molecule is C#CC(ON=C)c1ccccc1.Cl. The van der Waals surface area contributed by atoms with E-state index in [0.717, 1.165) is 5.56 Å². The van der Waals surface area contributed by atoms with Crippen LogP contribution in [0.15, 0.2) is 35.5 Å². The van der Waals surface area contributed by atoms with Gasteiger partial charge in [-0.15, -0.1) is 24.0 Å². The van der Waals surface area contributed by atoms with Crippen molar-refractivity contribution < 1.29 is 4.84 Å². The number of oxime groups is 1. The van der Waals surface area contributed by atoms with Crippen molar-refractivity contribution in [3.8, 4) is 12.3 Å². The molecule has 0 aliphatic rings. The third-order valence-corrected chi connectivity index (χ3v) is 1.43. The summed E-state index contributed by atoms with van der Waals surface area (Å²) < 4.78 is 0. The predicted octanol–water partition coefficient (Wildman–Crippen LogP) is 2.41. The molecule has 0 saturated carbocycles. The normalized spacial score (nSPS) is 10.4. The van der Waals surface area contributed by atoms with Gasteiger partial charge in [-0.25, -0.2) is 0 Å².